The molecule has 2 aliphatic carbocycles. The number of carbonyl (C=O) groups is 3. The largest absolute Gasteiger partial charge is 0.379 e. The van der Waals surface area contributed by atoms with Crippen molar-refractivity contribution in [3.63, 3.8) is 0 Å². The zero-order valence-corrected chi connectivity index (χ0v) is 14.5. The van der Waals surface area contributed by atoms with Gasteiger partial charge in [0.2, 0.25) is 11.6 Å². The normalized spacial score (nSPS) is 28.0. The molecule has 0 heterocycles. The van der Waals surface area contributed by atoms with Crippen molar-refractivity contribution in [1.29, 1.82) is 0 Å². The maximum absolute atomic E-state index is 12.8. The van der Waals surface area contributed by atoms with Crippen LogP contribution in [0.4, 0.5) is 0 Å². The van der Waals surface area contributed by atoms with Gasteiger partial charge >= 0.3 is 0 Å². The highest BCUT2D eigenvalue weighted by Crippen LogP contribution is 2.42. The number of ether oxygens (including phenoxy) is 1. The summed E-state index contributed by atoms with van der Waals surface area (Å²) in [6, 6.07) is 6.67. The van der Waals surface area contributed by atoms with E-state index in [1.54, 1.807) is 31.4 Å². The molecule has 0 saturated heterocycles. The number of carbonyl (C=O) groups excluding carboxylic acids is 3. The lowest BCUT2D eigenvalue weighted by Crippen LogP contribution is -2.44. The first-order valence-electron chi connectivity index (χ1n) is 8.63. The van der Waals surface area contributed by atoms with Gasteiger partial charge in [0.1, 0.15) is 0 Å². The van der Waals surface area contributed by atoms with E-state index in [9.17, 15) is 14.4 Å². The second kappa shape index (κ2) is 6.25. The third-order valence-electron chi connectivity index (χ3n) is 5.98. The molecular formula is C20H24O4. The molecular weight excluding hydrogens is 304 g/mol. The number of ketones is 3. The second-order valence-corrected chi connectivity index (χ2v) is 7.50. The standard InChI is InChI=1S/C20H24O4/c1-20(2,24-3)13-10-8-12(9-11-13)16-17(21)14-6-4-5-7-15(14)18(22)19(16)23/h4-7,12-13,16H,8-11H2,1-3H3. The summed E-state index contributed by atoms with van der Waals surface area (Å²) in [5.41, 5.74) is 0.470. The molecule has 4 heteroatoms. The molecule has 3 rings (SSSR count). The van der Waals surface area contributed by atoms with Crippen LogP contribution in [-0.2, 0) is 9.53 Å². The fraction of sp³-hybridized carbons (Fsp3) is 0.550. The molecule has 128 valence electrons. The van der Waals surface area contributed by atoms with Crippen molar-refractivity contribution < 1.29 is 19.1 Å². The maximum Gasteiger partial charge on any atom is 0.230 e. The fourth-order valence-corrected chi connectivity index (χ4v) is 4.20. The Bertz CT molecular complexity index is 681. The molecule has 0 radical (unpaired) electrons. The van der Waals surface area contributed by atoms with Gasteiger partial charge < -0.3 is 4.74 Å². The van der Waals surface area contributed by atoms with Gasteiger partial charge in [-0.3, -0.25) is 14.4 Å². The van der Waals surface area contributed by atoms with Gasteiger partial charge in [-0.15, -0.1) is 0 Å². The van der Waals surface area contributed by atoms with Crippen LogP contribution in [0.1, 0.15) is 60.2 Å². The highest BCUT2D eigenvalue weighted by Gasteiger charge is 2.46. The molecule has 0 spiro atoms. The van der Waals surface area contributed by atoms with Crippen molar-refractivity contribution >= 4 is 17.3 Å². The van der Waals surface area contributed by atoms with Gasteiger partial charge in [0.25, 0.3) is 0 Å². The minimum Gasteiger partial charge on any atom is -0.379 e. The minimum absolute atomic E-state index is 0.0359. The van der Waals surface area contributed by atoms with E-state index in [-0.39, 0.29) is 22.9 Å². The van der Waals surface area contributed by atoms with Crippen LogP contribution >= 0.6 is 0 Å². The Hall–Kier alpha value is -1.81. The molecule has 1 saturated carbocycles. The third kappa shape index (κ3) is 2.73. The Morgan fingerprint density at radius 2 is 1.50 bits per heavy atom. The Morgan fingerprint density at radius 3 is 2.08 bits per heavy atom. The van der Waals surface area contributed by atoms with E-state index < -0.39 is 17.5 Å². The molecule has 24 heavy (non-hydrogen) atoms. The van der Waals surface area contributed by atoms with Crippen LogP contribution in [0.5, 0.6) is 0 Å². The zero-order valence-electron chi connectivity index (χ0n) is 14.5. The van der Waals surface area contributed by atoms with Crippen LogP contribution in [0.25, 0.3) is 0 Å². The number of Topliss-reactive ketones (excluding diaryl/α,β-unsaturated/α-hetero) is 3. The monoisotopic (exact) mass is 328 g/mol. The Labute approximate surface area is 142 Å². The van der Waals surface area contributed by atoms with Crippen LogP contribution in [0.2, 0.25) is 0 Å². The van der Waals surface area contributed by atoms with Crippen LogP contribution in [0, 0.1) is 17.8 Å². The molecule has 1 fully saturated rings. The SMILES string of the molecule is COC(C)(C)C1CCC(C2C(=O)C(=O)c3ccccc3C2=O)CC1. The van der Waals surface area contributed by atoms with Crippen molar-refractivity contribution in [1.82, 2.24) is 0 Å². The van der Waals surface area contributed by atoms with E-state index in [0.717, 1.165) is 25.7 Å². The molecule has 1 unspecified atom stereocenters. The number of fused-ring (bicyclic) bond motifs is 1. The number of methoxy groups -OCH3 is 1. The van der Waals surface area contributed by atoms with Crippen molar-refractivity contribution in [3.05, 3.63) is 35.4 Å². The summed E-state index contributed by atoms with van der Waals surface area (Å²) in [7, 11) is 1.72. The topological polar surface area (TPSA) is 60.4 Å². The van der Waals surface area contributed by atoms with Gasteiger partial charge in [0.15, 0.2) is 5.78 Å². The predicted molar refractivity (Wildman–Crippen MR) is 90.1 cm³/mol. The van der Waals surface area contributed by atoms with Gasteiger partial charge in [-0.25, -0.2) is 0 Å². The van der Waals surface area contributed by atoms with E-state index >= 15 is 0 Å². The van der Waals surface area contributed by atoms with E-state index in [2.05, 4.69) is 13.8 Å². The van der Waals surface area contributed by atoms with Gasteiger partial charge in [0.05, 0.1) is 11.5 Å². The number of benzene rings is 1. The summed E-state index contributed by atoms with van der Waals surface area (Å²) >= 11 is 0. The van der Waals surface area contributed by atoms with Crippen LogP contribution in [-0.4, -0.2) is 30.1 Å². The van der Waals surface area contributed by atoms with Crippen molar-refractivity contribution in [2.75, 3.05) is 7.11 Å². The lowest BCUT2D eigenvalue weighted by molar-refractivity contribution is -0.119. The van der Waals surface area contributed by atoms with Gasteiger partial charge in [0, 0.05) is 18.2 Å². The Kier molecular flexibility index (Phi) is 4.43. The lowest BCUT2D eigenvalue weighted by atomic mass is 9.66. The van der Waals surface area contributed by atoms with Gasteiger partial charge in [-0.1, -0.05) is 24.3 Å². The van der Waals surface area contributed by atoms with Crippen molar-refractivity contribution in [3.8, 4) is 0 Å². The Morgan fingerprint density at radius 1 is 0.917 bits per heavy atom. The molecule has 4 nitrogen and oxygen atoms in total. The highest BCUT2D eigenvalue weighted by atomic mass is 16.5. The summed E-state index contributed by atoms with van der Waals surface area (Å²) in [5, 5.41) is 0. The smallest absolute Gasteiger partial charge is 0.230 e. The third-order valence-corrected chi connectivity index (χ3v) is 5.98. The molecule has 0 amide bonds. The lowest BCUT2D eigenvalue weighted by Gasteiger charge is -2.40. The summed E-state index contributed by atoms with van der Waals surface area (Å²) in [4.78, 5) is 37.7. The van der Waals surface area contributed by atoms with E-state index in [1.165, 1.54) is 0 Å². The van der Waals surface area contributed by atoms with E-state index in [1.807, 2.05) is 0 Å². The highest BCUT2D eigenvalue weighted by molar-refractivity contribution is 6.51. The maximum atomic E-state index is 12.8. The molecule has 0 bridgehead atoms. The van der Waals surface area contributed by atoms with Crippen LogP contribution in [0.15, 0.2) is 24.3 Å². The van der Waals surface area contributed by atoms with Crippen molar-refractivity contribution in [2.45, 2.75) is 45.1 Å². The quantitative estimate of drug-likeness (QED) is 0.629. The summed E-state index contributed by atoms with van der Waals surface area (Å²) < 4.78 is 5.58. The average Bonchev–Trinajstić information content (AvgIpc) is 2.60. The van der Waals surface area contributed by atoms with E-state index in [0.29, 0.717) is 11.5 Å². The molecule has 2 aliphatic rings. The first kappa shape index (κ1) is 17.0. The molecule has 0 aliphatic heterocycles. The van der Waals surface area contributed by atoms with Gasteiger partial charge in [-0.2, -0.15) is 0 Å². The zero-order chi connectivity index (χ0) is 17.5. The van der Waals surface area contributed by atoms with Gasteiger partial charge in [-0.05, 0) is 51.4 Å². The summed E-state index contributed by atoms with van der Waals surface area (Å²) in [6.07, 6.45) is 3.40. The van der Waals surface area contributed by atoms with Crippen LogP contribution < -0.4 is 0 Å². The first-order chi connectivity index (χ1) is 11.4. The van der Waals surface area contributed by atoms with E-state index in [4.69, 9.17) is 4.74 Å². The second-order valence-electron chi connectivity index (χ2n) is 7.50. The molecule has 1 atom stereocenters. The number of rotatable bonds is 3. The summed E-state index contributed by atoms with van der Waals surface area (Å²) in [6.45, 7) is 4.16. The first-order valence-corrected chi connectivity index (χ1v) is 8.63. The summed E-state index contributed by atoms with van der Waals surface area (Å²) in [5.74, 6) is -1.62. The average molecular weight is 328 g/mol. The Balaban J connectivity index is 1.80. The fourth-order valence-electron chi connectivity index (χ4n) is 4.20. The molecule has 1 aromatic carbocycles. The molecule has 0 N–H and O–H groups in total. The molecule has 0 aromatic heterocycles. The van der Waals surface area contributed by atoms with Crippen LogP contribution in [0.3, 0.4) is 0 Å². The number of hydrogen-bond donors (Lipinski definition) is 0. The predicted octanol–water partition coefficient (Wildman–Crippen LogP) is 3.48. The minimum atomic E-state index is -0.793. The van der Waals surface area contributed by atoms with Crippen molar-refractivity contribution in [2.24, 2.45) is 17.8 Å². The molecule has 1 aromatic rings. The number of hydrogen-bond acceptors (Lipinski definition) is 4.